The number of aromatic nitrogens is 1. The first kappa shape index (κ1) is 22.9. The van der Waals surface area contributed by atoms with Crippen LogP contribution in [-0.4, -0.2) is 11.3 Å². The summed E-state index contributed by atoms with van der Waals surface area (Å²) < 4.78 is 7.06. The lowest BCUT2D eigenvalue weighted by Gasteiger charge is -2.12. The van der Waals surface area contributed by atoms with Crippen LogP contribution in [0.5, 0.6) is 5.75 Å². The van der Waals surface area contributed by atoms with Crippen molar-refractivity contribution >= 4 is 41.0 Å². The first-order chi connectivity index (χ1) is 16.0. The Hall–Kier alpha value is -3.25. The molecule has 0 aliphatic heterocycles. The third kappa shape index (κ3) is 5.57. The summed E-state index contributed by atoms with van der Waals surface area (Å²) in [4.78, 5) is 15.8. The summed E-state index contributed by atoms with van der Waals surface area (Å²) in [6.07, 6.45) is 8.62. The van der Waals surface area contributed by atoms with Crippen molar-refractivity contribution in [1.29, 1.82) is 0 Å². The second-order valence-electron chi connectivity index (χ2n) is 7.88. The Morgan fingerprint density at radius 3 is 2.42 bits per heavy atom. The van der Waals surface area contributed by atoms with Crippen LogP contribution < -0.4 is 4.74 Å². The van der Waals surface area contributed by atoms with Crippen LogP contribution in [-0.2, 0) is 6.61 Å². The van der Waals surface area contributed by atoms with Gasteiger partial charge in [-0.2, -0.15) is 0 Å². The summed E-state index contributed by atoms with van der Waals surface area (Å²) >= 11 is 2.23. The van der Waals surface area contributed by atoms with Crippen molar-refractivity contribution in [2.45, 2.75) is 20.5 Å². The van der Waals surface area contributed by atoms with Crippen molar-refractivity contribution in [2.24, 2.45) is 0 Å². The highest BCUT2D eigenvalue weighted by atomic mass is 127. The minimum absolute atomic E-state index is 0.356. The zero-order chi connectivity index (χ0) is 23.2. The van der Waals surface area contributed by atoms with Gasteiger partial charge >= 0.3 is 0 Å². The van der Waals surface area contributed by atoms with Crippen molar-refractivity contribution in [3.05, 3.63) is 116 Å². The van der Waals surface area contributed by atoms with Gasteiger partial charge in [-0.1, -0.05) is 60.7 Å². The lowest BCUT2D eigenvalue weighted by molar-refractivity contribution is 0.111. The van der Waals surface area contributed by atoms with E-state index in [-0.39, 0.29) is 0 Å². The molecule has 0 unspecified atom stereocenters. The standard InChI is InChI=1S/C29H24INO2/c1-20-13-26(18-32)29(33-19-22-14-27(30)17-31-16-22)15-25(20)12-11-23-9-6-10-28(21(23)2)24-7-4-3-5-8-24/h3-18H,19H2,1-2H3/b12-11+. The van der Waals surface area contributed by atoms with E-state index in [9.17, 15) is 4.79 Å². The quantitative estimate of drug-likeness (QED) is 0.137. The molecule has 0 saturated carbocycles. The van der Waals surface area contributed by atoms with Crippen LogP contribution in [0.2, 0.25) is 0 Å². The SMILES string of the molecule is Cc1cc(C=O)c(OCc2cncc(I)c2)cc1/C=C/c1cccc(-c2ccccc2)c1C. The fraction of sp³-hybridized carbons (Fsp3) is 0.103. The molecule has 0 saturated heterocycles. The lowest BCUT2D eigenvalue weighted by Crippen LogP contribution is -2.00. The largest absolute Gasteiger partial charge is 0.488 e. The minimum Gasteiger partial charge on any atom is -0.488 e. The molecule has 0 aliphatic carbocycles. The van der Waals surface area contributed by atoms with E-state index in [1.807, 2.05) is 31.2 Å². The van der Waals surface area contributed by atoms with E-state index in [1.165, 1.54) is 16.7 Å². The fourth-order valence-corrected chi connectivity index (χ4v) is 4.32. The van der Waals surface area contributed by atoms with Crippen molar-refractivity contribution < 1.29 is 9.53 Å². The van der Waals surface area contributed by atoms with Crippen LogP contribution in [0.4, 0.5) is 0 Å². The van der Waals surface area contributed by atoms with Gasteiger partial charge in [-0.3, -0.25) is 9.78 Å². The molecule has 0 bridgehead atoms. The number of hydrogen-bond acceptors (Lipinski definition) is 3. The number of pyridine rings is 1. The zero-order valence-corrected chi connectivity index (χ0v) is 20.7. The predicted octanol–water partition coefficient (Wildman–Crippen LogP) is 7.53. The molecule has 1 aromatic heterocycles. The number of ether oxygens (including phenoxy) is 1. The summed E-state index contributed by atoms with van der Waals surface area (Å²) in [5, 5.41) is 0. The molecule has 0 fully saturated rings. The van der Waals surface area contributed by atoms with Gasteiger partial charge in [0.15, 0.2) is 6.29 Å². The predicted molar refractivity (Wildman–Crippen MR) is 143 cm³/mol. The van der Waals surface area contributed by atoms with Crippen LogP contribution in [0.1, 0.15) is 38.2 Å². The number of aryl methyl sites for hydroxylation is 1. The average Bonchev–Trinajstić information content (AvgIpc) is 2.83. The number of carbonyl (C=O) groups is 1. The summed E-state index contributed by atoms with van der Waals surface area (Å²) in [5.74, 6) is 0.573. The number of carbonyl (C=O) groups excluding carboxylic acids is 1. The van der Waals surface area contributed by atoms with Gasteiger partial charge in [0, 0.05) is 21.5 Å². The Balaban J connectivity index is 1.62. The molecule has 33 heavy (non-hydrogen) atoms. The van der Waals surface area contributed by atoms with Crippen molar-refractivity contribution in [3.63, 3.8) is 0 Å². The maximum atomic E-state index is 11.6. The third-order valence-electron chi connectivity index (χ3n) is 5.58. The Morgan fingerprint density at radius 2 is 1.67 bits per heavy atom. The van der Waals surface area contributed by atoms with Gasteiger partial charge in [0.1, 0.15) is 12.4 Å². The highest BCUT2D eigenvalue weighted by Crippen LogP contribution is 2.28. The Morgan fingerprint density at radius 1 is 0.879 bits per heavy atom. The van der Waals surface area contributed by atoms with Crippen LogP contribution in [0.25, 0.3) is 23.3 Å². The molecule has 1 heterocycles. The first-order valence-electron chi connectivity index (χ1n) is 10.7. The van der Waals surface area contributed by atoms with E-state index in [2.05, 4.69) is 89.1 Å². The van der Waals surface area contributed by atoms with Crippen LogP contribution >= 0.6 is 22.6 Å². The van der Waals surface area contributed by atoms with Crippen LogP contribution in [0.3, 0.4) is 0 Å². The topological polar surface area (TPSA) is 39.2 Å². The number of benzene rings is 3. The number of rotatable bonds is 7. The van der Waals surface area contributed by atoms with Gasteiger partial charge in [0.25, 0.3) is 0 Å². The summed E-state index contributed by atoms with van der Waals surface area (Å²) in [5.41, 5.74) is 8.36. The minimum atomic E-state index is 0.356. The number of halogens is 1. The van der Waals surface area contributed by atoms with Gasteiger partial charge in [0.2, 0.25) is 0 Å². The van der Waals surface area contributed by atoms with Gasteiger partial charge in [-0.15, -0.1) is 0 Å². The van der Waals surface area contributed by atoms with Gasteiger partial charge < -0.3 is 4.74 Å². The van der Waals surface area contributed by atoms with E-state index in [0.717, 1.165) is 32.1 Å². The van der Waals surface area contributed by atoms with E-state index in [4.69, 9.17) is 4.74 Å². The maximum Gasteiger partial charge on any atom is 0.153 e. The molecular weight excluding hydrogens is 521 g/mol. The zero-order valence-electron chi connectivity index (χ0n) is 18.6. The van der Waals surface area contributed by atoms with E-state index in [0.29, 0.717) is 17.9 Å². The van der Waals surface area contributed by atoms with Crippen LogP contribution in [0.15, 0.2) is 79.1 Å². The molecular formula is C29H24INO2. The lowest BCUT2D eigenvalue weighted by atomic mass is 9.95. The van der Waals surface area contributed by atoms with Crippen molar-refractivity contribution in [3.8, 4) is 16.9 Å². The van der Waals surface area contributed by atoms with E-state index >= 15 is 0 Å². The number of hydrogen-bond donors (Lipinski definition) is 0. The molecule has 3 nitrogen and oxygen atoms in total. The van der Waals surface area contributed by atoms with Gasteiger partial charge in [-0.25, -0.2) is 0 Å². The van der Waals surface area contributed by atoms with Crippen LogP contribution in [0, 0.1) is 17.4 Å². The van der Waals surface area contributed by atoms with E-state index in [1.54, 1.807) is 12.4 Å². The molecule has 4 aromatic rings. The molecule has 0 spiro atoms. The molecule has 0 atom stereocenters. The first-order valence-corrected chi connectivity index (χ1v) is 11.8. The Labute approximate surface area is 208 Å². The van der Waals surface area contributed by atoms with Crippen molar-refractivity contribution in [2.75, 3.05) is 0 Å². The molecule has 0 aliphatic rings. The molecule has 0 amide bonds. The maximum absolute atomic E-state index is 11.6. The third-order valence-corrected chi connectivity index (χ3v) is 6.17. The average molecular weight is 545 g/mol. The number of nitrogens with zero attached hydrogens (tertiary/aromatic N) is 1. The summed E-state index contributed by atoms with van der Waals surface area (Å²) in [7, 11) is 0. The van der Waals surface area contributed by atoms with Crippen molar-refractivity contribution in [1.82, 2.24) is 4.98 Å². The Kier molecular flexibility index (Phi) is 7.35. The molecule has 0 N–H and O–H groups in total. The Bertz CT molecular complexity index is 1310. The van der Waals surface area contributed by atoms with E-state index < -0.39 is 0 Å². The highest BCUT2D eigenvalue weighted by Gasteiger charge is 2.09. The molecule has 4 heteroatoms. The van der Waals surface area contributed by atoms with Gasteiger partial charge in [0.05, 0.1) is 5.56 Å². The molecule has 4 rings (SSSR count). The smallest absolute Gasteiger partial charge is 0.153 e. The summed E-state index contributed by atoms with van der Waals surface area (Å²) in [6.45, 7) is 4.51. The second kappa shape index (κ2) is 10.6. The summed E-state index contributed by atoms with van der Waals surface area (Å²) in [6, 6.07) is 22.6. The highest BCUT2D eigenvalue weighted by molar-refractivity contribution is 14.1. The molecule has 164 valence electrons. The monoisotopic (exact) mass is 545 g/mol. The molecule has 3 aromatic carbocycles. The second-order valence-corrected chi connectivity index (χ2v) is 9.13. The fourth-order valence-electron chi connectivity index (χ4n) is 3.76. The normalized spacial score (nSPS) is 11.0. The van der Waals surface area contributed by atoms with Gasteiger partial charge in [-0.05, 0) is 88.0 Å². The number of aldehydes is 1. The molecule has 0 radical (unpaired) electrons.